The first-order valence-electron chi connectivity index (χ1n) is 14.3. The smallest absolute Gasteiger partial charge is 0.316 e. The Bertz CT molecular complexity index is 1040. The molecule has 4 aliphatic heterocycles. The van der Waals surface area contributed by atoms with E-state index in [4.69, 9.17) is 18.9 Å². The number of esters is 1. The predicted octanol–water partition coefficient (Wildman–Crippen LogP) is 4.53. The minimum atomic E-state index is -1.68. The third-order valence-electron chi connectivity index (χ3n) is 9.30. The van der Waals surface area contributed by atoms with Gasteiger partial charge in [0.2, 0.25) is 0 Å². The zero-order chi connectivity index (χ0) is 27.2. The number of carbonyl (C=O) groups is 1. The Labute approximate surface area is 226 Å². The molecule has 3 saturated heterocycles. The average molecular weight is 529 g/mol. The molecule has 1 aliphatic carbocycles. The Morgan fingerprint density at radius 3 is 2.66 bits per heavy atom. The fourth-order valence-electron chi connectivity index (χ4n) is 6.85. The van der Waals surface area contributed by atoms with Crippen LogP contribution in [0.2, 0.25) is 0 Å². The van der Waals surface area contributed by atoms with Gasteiger partial charge in [0.1, 0.15) is 29.8 Å². The zero-order valence-corrected chi connectivity index (χ0v) is 23.4. The second-order valence-corrected chi connectivity index (χ2v) is 12.4. The van der Waals surface area contributed by atoms with Crippen molar-refractivity contribution < 1.29 is 34.0 Å². The normalized spacial score (nSPS) is 49.7. The first-order chi connectivity index (χ1) is 18.0. The summed E-state index contributed by atoms with van der Waals surface area (Å²) in [5, 5.41) is 22.8. The van der Waals surface area contributed by atoms with E-state index in [1.807, 2.05) is 12.2 Å². The molecule has 1 unspecified atom stereocenters. The highest BCUT2D eigenvalue weighted by Crippen LogP contribution is 2.47. The zero-order valence-electron chi connectivity index (χ0n) is 23.4. The lowest BCUT2D eigenvalue weighted by Crippen LogP contribution is -2.58. The minimum Gasteiger partial charge on any atom is -0.462 e. The summed E-state index contributed by atoms with van der Waals surface area (Å²) in [5.74, 6) is -1.53. The van der Waals surface area contributed by atoms with Crippen LogP contribution in [0, 0.1) is 17.8 Å². The molecule has 1 spiro atoms. The van der Waals surface area contributed by atoms with Gasteiger partial charge in [-0.15, -0.1) is 0 Å². The lowest BCUT2D eigenvalue weighted by Gasteiger charge is -2.49. The molecule has 0 aromatic rings. The maximum Gasteiger partial charge on any atom is 0.316 e. The number of aliphatic hydroxyl groups is 2. The van der Waals surface area contributed by atoms with Gasteiger partial charge in [-0.3, -0.25) is 4.79 Å². The molecule has 0 saturated carbocycles. The highest BCUT2D eigenvalue weighted by molar-refractivity contribution is 5.78. The standard InChI is InChI=1S/C31H44O7/c1-18-7-6-8-23-17-35-28-27(32)21(4)14-26(31(23,28)34)29(33)36-25-15-24(10-9-19(2)13-18)38-30(16-25)12-11-20(3)22(5)37-30/h6-9,14,18,20,22,24-28,32,34H,10-13,15-17H2,1-5H3/b7-6+,19-9+,23-8+/t18-,20-,22+,24+,25-,26-,27+,28+,30-,31?/m0/s1. The number of rotatable bonds is 0. The van der Waals surface area contributed by atoms with Gasteiger partial charge in [-0.2, -0.15) is 0 Å². The Kier molecular flexibility index (Phi) is 7.79. The van der Waals surface area contributed by atoms with Gasteiger partial charge >= 0.3 is 5.97 Å². The summed E-state index contributed by atoms with van der Waals surface area (Å²) in [7, 11) is 0. The second-order valence-electron chi connectivity index (χ2n) is 12.4. The molecule has 2 bridgehead atoms. The van der Waals surface area contributed by atoms with E-state index in [1.54, 1.807) is 13.0 Å². The molecule has 0 amide bonds. The van der Waals surface area contributed by atoms with Gasteiger partial charge in [0.25, 0.3) is 0 Å². The van der Waals surface area contributed by atoms with Crippen LogP contribution < -0.4 is 0 Å². The monoisotopic (exact) mass is 528 g/mol. The lowest BCUT2D eigenvalue weighted by molar-refractivity contribution is -0.332. The van der Waals surface area contributed by atoms with Crippen molar-refractivity contribution in [1.82, 2.24) is 0 Å². The molecule has 210 valence electrons. The fraction of sp³-hybridized carbons (Fsp3) is 0.710. The molecule has 38 heavy (non-hydrogen) atoms. The predicted molar refractivity (Wildman–Crippen MR) is 143 cm³/mol. The van der Waals surface area contributed by atoms with E-state index in [0.717, 1.165) is 25.7 Å². The van der Waals surface area contributed by atoms with Crippen LogP contribution in [0.1, 0.15) is 73.1 Å². The second kappa shape index (κ2) is 10.7. The van der Waals surface area contributed by atoms with Crippen molar-refractivity contribution in [2.45, 2.75) is 115 Å². The minimum absolute atomic E-state index is 0.0526. The molecule has 5 aliphatic rings. The van der Waals surface area contributed by atoms with E-state index < -0.39 is 41.6 Å². The van der Waals surface area contributed by atoms with Crippen molar-refractivity contribution in [3.63, 3.8) is 0 Å². The quantitative estimate of drug-likeness (QED) is 0.352. The van der Waals surface area contributed by atoms with Crippen molar-refractivity contribution in [1.29, 1.82) is 0 Å². The largest absolute Gasteiger partial charge is 0.462 e. The molecule has 4 heterocycles. The fourth-order valence-corrected chi connectivity index (χ4v) is 6.85. The van der Waals surface area contributed by atoms with Gasteiger partial charge in [-0.25, -0.2) is 0 Å². The topological polar surface area (TPSA) is 94.5 Å². The summed E-state index contributed by atoms with van der Waals surface area (Å²) in [4.78, 5) is 13.8. The molecule has 2 N–H and O–H groups in total. The average Bonchev–Trinajstić information content (AvgIpc) is 3.19. The molecule has 7 nitrogen and oxygen atoms in total. The van der Waals surface area contributed by atoms with Gasteiger partial charge < -0.3 is 29.2 Å². The molecule has 3 fully saturated rings. The van der Waals surface area contributed by atoms with E-state index >= 15 is 0 Å². The van der Waals surface area contributed by atoms with Crippen LogP contribution in [0.25, 0.3) is 0 Å². The Balaban J connectivity index is 1.51. The first kappa shape index (κ1) is 27.8. The van der Waals surface area contributed by atoms with Gasteiger partial charge in [-0.05, 0) is 63.0 Å². The molecule has 0 aromatic heterocycles. The van der Waals surface area contributed by atoms with Gasteiger partial charge in [0.05, 0.1) is 18.8 Å². The highest BCUT2D eigenvalue weighted by atomic mass is 16.7. The maximum absolute atomic E-state index is 13.8. The number of ether oxygens (including phenoxy) is 4. The lowest BCUT2D eigenvalue weighted by atomic mass is 9.71. The van der Waals surface area contributed by atoms with Crippen LogP contribution in [0.3, 0.4) is 0 Å². The number of hydrogen-bond donors (Lipinski definition) is 2. The van der Waals surface area contributed by atoms with Crippen LogP contribution in [0.4, 0.5) is 0 Å². The Morgan fingerprint density at radius 2 is 1.89 bits per heavy atom. The molecule has 0 radical (unpaired) electrons. The molecule has 5 rings (SSSR count). The molecule has 10 atom stereocenters. The van der Waals surface area contributed by atoms with Crippen LogP contribution >= 0.6 is 0 Å². The number of allylic oxidation sites excluding steroid dienone is 4. The number of carbonyl (C=O) groups excluding carboxylic acids is 1. The molecular weight excluding hydrogens is 484 g/mol. The van der Waals surface area contributed by atoms with E-state index in [2.05, 4.69) is 39.8 Å². The van der Waals surface area contributed by atoms with Crippen molar-refractivity contribution in [2.75, 3.05) is 6.61 Å². The SMILES string of the molecule is CC1=C[C@H]2C(=O)O[C@H]3C[C@@H](C/C=C(\C)C[C@@H](C)/C=C/C=C4\CO[C@H]([C@@H]1O)C42O)O[C@@]1(CC[C@H](C)[C@@H](C)O1)C3. The van der Waals surface area contributed by atoms with Gasteiger partial charge in [0.15, 0.2) is 5.79 Å². The van der Waals surface area contributed by atoms with Gasteiger partial charge in [0, 0.05) is 19.3 Å². The Morgan fingerprint density at radius 1 is 1.11 bits per heavy atom. The van der Waals surface area contributed by atoms with E-state index in [9.17, 15) is 15.0 Å². The van der Waals surface area contributed by atoms with Gasteiger partial charge in [-0.1, -0.05) is 49.8 Å². The molecular formula is C31H44O7. The summed E-state index contributed by atoms with van der Waals surface area (Å²) in [5.41, 5.74) is 0.783. The third-order valence-corrected chi connectivity index (χ3v) is 9.30. The van der Waals surface area contributed by atoms with Crippen LogP contribution in [-0.2, 0) is 23.7 Å². The van der Waals surface area contributed by atoms with Crippen molar-refractivity contribution in [3.05, 3.63) is 47.1 Å². The first-order valence-corrected chi connectivity index (χ1v) is 14.3. The summed E-state index contributed by atoms with van der Waals surface area (Å²) >= 11 is 0. The Hall–Kier alpha value is -1.77. The number of hydrogen-bond acceptors (Lipinski definition) is 7. The molecule has 7 heteroatoms. The van der Waals surface area contributed by atoms with Crippen molar-refractivity contribution in [2.24, 2.45) is 17.8 Å². The van der Waals surface area contributed by atoms with E-state index in [-0.39, 0.29) is 18.8 Å². The maximum atomic E-state index is 13.8. The number of fused-ring (bicyclic) bond motifs is 2. The molecule has 0 aromatic carbocycles. The van der Waals surface area contributed by atoms with Crippen molar-refractivity contribution in [3.8, 4) is 0 Å². The van der Waals surface area contributed by atoms with Crippen molar-refractivity contribution >= 4 is 5.97 Å². The van der Waals surface area contributed by atoms with E-state index in [1.165, 1.54) is 5.57 Å². The summed E-state index contributed by atoms with van der Waals surface area (Å²) in [6.07, 6.45) is 11.8. The third kappa shape index (κ3) is 5.20. The van der Waals surface area contributed by atoms with Crippen LogP contribution in [0.15, 0.2) is 47.1 Å². The summed E-state index contributed by atoms with van der Waals surface area (Å²) in [6, 6.07) is 0. The van der Waals surface area contributed by atoms with E-state index in [0.29, 0.717) is 35.8 Å². The summed E-state index contributed by atoms with van der Waals surface area (Å²) in [6.45, 7) is 10.5. The van der Waals surface area contributed by atoms with Crippen LogP contribution in [-0.4, -0.2) is 64.7 Å². The summed E-state index contributed by atoms with van der Waals surface area (Å²) < 4.78 is 25.2. The number of aliphatic hydroxyl groups excluding tert-OH is 1. The highest BCUT2D eigenvalue weighted by Gasteiger charge is 2.60. The van der Waals surface area contributed by atoms with Crippen LogP contribution in [0.5, 0.6) is 0 Å².